The summed E-state index contributed by atoms with van der Waals surface area (Å²) in [7, 11) is 0. The first-order valence-electron chi connectivity index (χ1n) is 9.89. The Bertz CT molecular complexity index is 1040. The lowest BCUT2D eigenvalue weighted by Crippen LogP contribution is -2.32. The van der Waals surface area contributed by atoms with Crippen LogP contribution in [0, 0.1) is 37.5 Å². The SMILES string of the molecule is Cc1ccc(C)c(OC(=O)c2ccc(N3C(=O)[C@@H]4[C@H](C3=O)[C@H]3C=C[C@H]4C3)cc2)c1. The molecule has 5 nitrogen and oxygen atoms in total. The van der Waals surface area contributed by atoms with Crippen LogP contribution >= 0.6 is 0 Å². The molecule has 2 aliphatic carbocycles. The molecular formula is C24H21NO4. The van der Waals surface area contributed by atoms with Crippen LogP contribution in [0.5, 0.6) is 5.75 Å². The van der Waals surface area contributed by atoms with Crippen molar-refractivity contribution in [2.24, 2.45) is 23.7 Å². The van der Waals surface area contributed by atoms with E-state index in [2.05, 4.69) is 12.2 Å². The second-order valence-corrected chi connectivity index (χ2v) is 8.22. The molecule has 4 atom stereocenters. The summed E-state index contributed by atoms with van der Waals surface area (Å²) < 4.78 is 5.52. The van der Waals surface area contributed by atoms with Gasteiger partial charge in [0.05, 0.1) is 23.1 Å². The highest BCUT2D eigenvalue weighted by Crippen LogP contribution is 2.53. The number of rotatable bonds is 3. The maximum atomic E-state index is 12.9. The van der Waals surface area contributed by atoms with Gasteiger partial charge in [0, 0.05) is 0 Å². The highest BCUT2D eigenvalue weighted by Gasteiger charge is 2.59. The summed E-state index contributed by atoms with van der Waals surface area (Å²) >= 11 is 0. The molecule has 2 aromatic carbocycles. The Hall–Kier alpha value is -3.21. The zero-order valence-electron chi connectivity index (χ0n) is 16.3. The number of benzene rings is 2. The van der Waals surface area contributed by atoms with Gasteiger partial charge in [-0.05, 0) is 73.6 Å². The van der Waals surface area contributed by atoms with E-state index in [1.54, 1.807) is 24.3 Å². The van der Waals surface area contributed by atoms with Gasteiger partial charge in [0.2, 0.25) is 11.8 Å². The van der Waals surface area contributed by atoms with E-state index in [9.17, 15) is 14.4 Å². The number of nitrogens with zero attached hydrogens (tertiary/aromatic N) is 1. The molecule has 2 bridgehead atoms. The fourth-order valence-electron chi connectivity index (χ4n) is 4.88. The molecule has 3 aliphatic rings. The van der Waals surface area contributed by atoms with Crippen molar-refractivity contribution in [3.8, 4) is 5.75 Å². The quantitative estimate of drug-likeness (QED) is 0.347. The number of ether oxygens (including phenoxy) is 1. The monoisotopic (exact) mass is 387 g/mol. The standard InChI is InChI=1S/C24H21NO4/c1-13-3-4-14(2)19(11-13)29-24(28)15-7-9-18(10-8-15)25-22(26)20-16-5-6-17(12-16)21(20)23(25)27/h3-11,16-17,20-21H,12H2,1-2H3/t16-,17-,20-,21+/m0/s1. The van der Waals surface area contributed by atoms with Gasteiger partial charge in [-0.3, -0.25) is 14.5 Å². The second-order valence-electron chi connectivity index (χ2n) is 8.22. The molecule has 2 amide bonds. The van der Waals surface area contributed by atoms with Crippen LogP contribution in [0.2, 0.25) is 0 Å². The van der Waals surface area contributed by atoms with Crippen LogP contribution in [-0.2, 0) is 9.59 Å². The topological polar surface area (TPSA) is 63.7 Å². The Balaban J connectivity index is 1.36. The van der Waals surface area contributed by atoms with Gasteiger partial charge in [-0.25, -0.2) is 4.79 Å². The molecule has 2 fully saturated rings. The fraction of sp³-hybridized carbons (Fsp3) is 0.292. The summed E-state index contributed by atoms with van der Waals surface area (Å²) in [5.41, 5.74) is 2.77. The Morgan fingerprint density at radius 2 is 1.55 bits per heavy atom. The lowest BCUT2D eigenvalue weighted by atomic mass is 9.85. The molecule has 0 radical (unpaired) electrons. The van der Waals surface area contributed by atoms with Crippen molar-refractivity contribution in [1.82, 2.24) is 0 Å². The Labute approximate surface area is 169 Å². The molecule has 29 heavy (non-hydrogen) atoms. The molecule has 2 aromatic rings. The zero-order chi connectivity index (χ0) is 20.3. The lowest BCUT2D eigenvalue weighted by molar-refractivity contribution is -0.123. The molecule has 0 unspecified atom stereocenters. The summed E-state index contributed by atoms with van der Waals surface area (Å²) in [6, 6.07) is 12.2. The predicted octanol–water partition coefficient (Wildman–Crippen LogP) is 3.83. The summed E-state index contributed by atoms with van der Waals surface area (Å²) in [4.78, 5) is 39.6. The minimum absolute atomic E-state index is 0.123. The van der Waals surface area contributed by atoms with Crippen molar-refractivity contribution in [2.45, 2.75) is 20.3 Å². The van der Waals surface area contributed by atoms with Crippen molar-refractivity contribution in [2.75, 3.05) is 4.90 Å². The van der Waals surface area contributed by atoms with Crippen LogP contribution in [0.25, 0.3) is 0 Å². The van der Waals surface area contributed by atoms with Crippen LogP contribution in [0.15, 0.2) is 54.6 Å². The molecule has 5 rings (SSSR count). The largest absolute Gasteiger partial charge is 0.423 e. The normalized spacial score (nSPS) is 26.9. The second kappa shape index (κ2) is 6.41. The van der Waals surface area contributed by atoms with E-state index in [0.717, 1.165) is 17.5 Å². The molecule has 0 aromatic heterocycles. The van der Waals surface area contributed by atoms with Crippen LogP contribution in [0.3, 0.4) is 0 Å². The van der Waals surface area contributed by atoms with Gasteiger partial charge >= 0.3 is 5.97 Å². The van der Waals surface area contributed by atoms with Crippen LogP contribution in [0.1, 0.15) is 27.9 Å². The zero-order valence-corrected chi connectivity index (χ0v) is 16.3. The third kappa shape index (κ3) is 2.72. The molecular weight excluding hydrogens is 366 g/mol. The Kier molecular flexibility index (Phi) is 3.95. The molecule has 5 heteroatoms. The molecule has 1 heterocycles. The number of hydrogen-bond donors (Lipinski definition) is 0. The number of anilines is 1. The number of amides is 2. The van der Waals surface area contributed by atoms with Gasteiger partial charge in [0.25, 0.3) is 0 Å². The van der Waals surface area contributed by atoms with Crippen molar-refractivity contribution in [1.29, 1.82) is 0 Å². The predicted molar refractivity (Wildman–Crippen MR) is 108 cm³/mol. The highest BCUT2D eigenvalue weighted by molar-refractivity contribution is 6.22. The number of carbonyl (C=O) groups excluding carboxylic acids is 3. The van der Waals surface area contributed by atoms with Gasteiger partial charge in [0.1, 0.15) is 5.75 Å². The third-order valence-electron chi connectivity index (χ3n) is 6.38. The van der Waals surface area contributed by atoms with Gasteiger partial charge in [-0.1, -0.05) is 24.3 Å². The summed E-state index contributed by atoms with van der Waals surface area (Å²) in [6.07, 6.45) is 5.06. The summed E-state index contributed by atoms with van der Waals surface area (Å²) in [6.45, 7) is 3.82. The number of imide groups is 1. The minimum atomic E-state index is -0.469. The smallest absolute Gasteiger partial charge is 0.343 e. The maximum Gasteiger partial charge on any atom is 0.343 e. The molecule has 1 saturated carbocycles. The van der Waals surface area contributed by atoms with Crippen LogP contribution in [-0.4, -0.2) is 17.8 Å². The van der Waals surface area contributed by atoms with E-state index < -0.39 is 5.97 Å². The lowest BCUT2D eigenvalue weighted by Gasteiger charge is -2.17. The Morgan fingerprint density at radius 3 is 2.17 bits per heavy atom. The number of carbonyl (C=O) groups is 3. The van der Waals surface area contributed by atoms with E-state index in [-0.39, 0.29) is 35.5 Å². The van der Waals surface area contributed by atoms with Gasteiger partial charge in [0.15, 0.2) is 0 Å². The number of esters is 1. The molecule has 1 aliphatic heterocycles. The maximum absolute atomic E-state index is 12.9. The average molecular weight is 387 g/mol. The van der Waals surface area contributed by atoms with Crippen molar-refractivity contribution in [3.63, 3.8) is 0 Å². The van der Waals surface area contributed by atoms with Crippen LogP contribution in [0.4, 0.5) is 5.69 Å². The molecule has 0 spiro atoms. The van der Waals surface area contributed by atoms with E-state index in [1.165, 1.54) is 4.90 Å². The van der Waals surface area contributed by atoms with E-state index in [4.69, 9.17) is 4.74 Å². The summed E-state index contributed by atoms with van der Waals surface area (Å²) in [5.74, 6) is -0.289. The van der Waals surface area contributed by atoms with Crippen molar-refractivity contribution < 1.29 is 19.1 Å². The first-order valence-corrected chi connectivity index (χ1v) is 9.89. The van der Waals surface area contributed by atoms with Crippen LogP contribution < -0.4 is 9.64 Å². The van der Waals surface area contributed by atoms with E-state index >= 15 is 0 Å². The average Bonchev–Trinajstić information content (AvgIpc) is 3.39. The van der Waals surface area contributed by atoms with Gasteiger partial charge < -0.3 is 4.74 Å². The van der Waals surface area contributed by atoms with Gasteiger partial charge in [-0.2, -0.15) is 0 Å². The number of fused-ring (bicyclic) bond motifs is 5. The Morgan fingerprint density at radius 1 is 0.931 bits per heavy atom. The number of aryl methyl sites for hydroxylation is 2. The molecule has 1 saturated heterocycles. The van der Waals surface area contributed by atoms with Crippen molar-refractivity contribution >= 4 is 23.5 Å². The van der Waals surface area contributed by atoms with Crippen molar-refractivity contribution in [3.05, 3.63) is 71.3 Å². The highest BCUT2D eigenvalue weighted by atomic mass is 16.5. The van der Waals surface area contributed by atoms with Gasteiger partial charge in [-0.15, -0.1) is 0 Å². The first kappa shape index (κ1) is 17.9. The molecule has 0 N–H and O–H groups in total. The first-order chi connectivity index (χ1) is 13.9. The number of allylic oxidation sites excluding steroid dienone is 2. The van der Waals surface area contributed by atoms with E-state index in [0.29, 0.717) is 17.0 Å². The third-order valence-corrected chi connectivity index (χ3v) is 6.38. The number of hydrogen-bond acceptors (Lipinski definition) is 4. The molecule has 146 valence electrons. The van der Waals surface area contributed by atoms with E-state index in [1.807, 2.05) is 32.0 Å². The minimum Gasteiger partial charge on any atom is -0.423 e. The summed E-state index contributed by atoms with van der Waals surface area (Å²) in [5, 5.41) is 0. The fourth-order valence-corrected chi connectivity index (χ4v) is 4.88.